The van der Waals surface area contributed by atoms with Crippen molar-refractivity contribution in [3.8, 4) is 0 Å². The Bertz CT molecular complexity index is 171. The fraction of sp³-hybridized carbons (Fsp3) is 0.400. The van der Waals surface area contributed by atoms with Crippen LogP contribution in [0.2, 0.25) is 0 Å². The molecular formula is C5H7IN2. The Labute approximate surface area is 62.4 Å². The normalized spacial score (nSPS) is 9.75. The minimum absolute atomic E-state index is 1.06. The molecule has 1 aromatic heterocycles. The van der Waals surface area contributed by atoms with E-state index in [4.69, 9.17) is 0 Å². The Morgan fingerprint density at radius 3 is 2.88 bits per heavy atom. The molecule has 2 nitrogen and oxygen atoms in total. The van der Waals surface area contributed by atoms with E-state index in [2.05, 4.69) is 34.8 Å². The summed E-state index contributed by atoms with van der Waals surface area (Å²) in [5.74, 6) is 0. The van der Waals surface area contributed by atoms with Crippen molar-refractivity contribution < 1.29 is 0 Å². The second-order valence-corrected chi connectivity index (χ2v) is 2.59. The van der Waals surface area contributed by atoms with Gasteiger partial charge in [0.25, 0.3) is 0 Å². The number of halogens is 1. The molecule has 0 atom stereocenters. The van der Waals surface area contributed by atoms with Crippen LogP contribution in [0.25, 0.3) is 0 Å². The first-order valence-electron chi connectivity index (χ1n) is 2.52. The fourth-order valence-corrected chi connectivity index (χ4v) is 1.16. The van der Waals surface area contributed by atoms with Gasteiger partial charge in [0.15, 0.2) is 0 Å². The zero-order valence-electron chi connectivity index (χ0n) is 4.63. The first-order valence-corrected chi connectivity index (χ1v) is 3.48. The number of rotatable bonds is 1. The molecule has 0 saturated heterocycles. The summed E-state index contributed by atoms with van der Waals surface area (Å²) >= 11 is 2.21. The molecule has 0 aliphatic heterocycles. The summed E-state index contributed by atoms with van der Waals surface area (Å²) in [7, 11) is 0. The summed E-state index contributed by atoms with van der Waals surface area (Å²) in [5, 5.41) is 0. The summed E-state index contributed by atoms with van der Waals surface area (Å²) in [6.45, 7) is 2.12. The van der Waals surface area contributed by atoms with Crippen molar-refractivity contribution in [1.29, 1.82) is 0 Å². The molecule has 0 saturated carbocycles. The summed E-state index contributed by atoms with van der Waals surface area (Å²) in [4.78, 5) is 3.95. The van der Waals surface area contributed by atoms with Gasteiger partial charge < -0.3 is 0 Å². The molecule has 0 N–H and O–H groups in total. The van der Waals surface area contributed by atoms with Gasteiger partial charge in [0.2, 0.25) is 0 Å². The number of nitrogens with zero attached hydrogens (tertiary/aromatic N) is 2. The molecule has 3 heteroatoms. The summed E-state index contributed by atoms with van der Waals surface area (Å²) in [5.41, 5.74) is 1.27. The topological polar surface area (TPSA) is 17.8 Å². The van der Waals surface area contributed by atoms with E-state index in [1.54, 1.807) is 6.33 Å². The van der Waals surface area contributed by atoms with E-state index in [1.165, 1.54) is 5.69 Å². The second-order valence-electron chi connectivity index (χ2n) is 1.55. The monoisotopic (exact) mass is 222 g/mol. The molecule has 0 radical (unpaired) electrons. The van der Waals surface area contributed by atoms with Crippen LogP contribution in [0.3, 0.4) is 0 Å². The van der Waals surface area contributed by atoms with Gasteiger partial charge in [-0.1, -0.05) is 6.92 Å². The lowest BCUT2D eigenvalue weighted by atomic mass is 10.4. The number of aromatic nitrogens is 2. The highest BCUT2D eigenvalue weighted by Gasteiger charge is 1.91. The van der Waals surface area contributed by atoms with E-state index in [1.807, 2.05) is 8.98 Å². The van der Waals surface area contributed by atoms with E-state index in [9.17, 15) is 0 Å². The molecular weight excluding hydrogens is 215 g/mol. The quantitative estimate of drug-likeness (QED) is 0.660. The van der Waals surface area contributed by atoms with E-state index in [-0.39, 0.29) is 0 Å². The number of aryl methyl sites for hydroxylation is 1. The zero-order chi connectivity index (χ0) is 5.98. The minimum atomic E-state index is 1.06. The highest BCUT2D eigenvalue weighted by Crippen LogP contribution is 2.02. The molecule has 0 fully saturated rings. The average Bonchev–Trinajstić information content (AvgIpc) is 2.14. The Morgan fingerprint density at radius 1 is 1.88 bits per heavy atom. The van der Waals surface area contributed by atoms with Gasteiger partial charge >= 0.3 is 0 Å². The number of hydrogen-bond donors (Lipinski definition) is 0. The predicted molar refractivity (Wildman–Crippen MR) is 41.0 cm³/mol. The Morgan fingerprint density at radius 2 is 2.62 bits per heavy atom. The smallest absolute Gasteiger partial charge is 0.104 e. The lowest BCUT2D eigenvalue weighted by Gasteiger charge is -1.90. The maximum atomic E-state index is 3.95. The van der Waals surface area contributed by atoms with Gasteiger partial charge in [0.05, 0.1) is 22.9 Å². The molecule has 8 heavy (non-hydrogen) atoms. The van der Waals surface area contributed by atoms with Crippen LogP contribution >= 0.6 is 22.9 Å². The molecule has 1 aromatic rings. The van der Waals surface area contributed by atoms with Crippen molar-refractivity contribution in [3.05, 3.63) is 18.2 Å². The van der Waals surface area contributed by atoms with Crippen LogP contribution in [0.4, 0.5) is 0 Å². The Kier molecular flexibility index (Phi) is 1.88. The Balaban J connectivity index is 2.92. The molecule has 0 amide bonds. The highest BCUT2D eigenvalue weighted by atomic mass is 127. The van der Waals surface area contributed by atoms with E-state index >= 15 is 0 Å². The molecule has 0 aliphatic carbocycles. The lowest BCUT2D eigenvalue weighted by Crippen LogP contribution is -1.82. The van der Waals surface area contributed by atoms with Crippen LogP contribution < -0.4 is 0 Å². The van der Waals surface area contributed by atoms with Crippen LogP contribution in [0.15, 0.2) is 12.5 Å². The summed E-state index contributed by atoms with van der Waals surface area (Å²) in [6, 6.07) is 0. The molecule has 0 spiro atoms. The summed E-state index contributed by atoms with van der Waals surface area (Å²) < 4.78 is 2.00. The third-order valence-electron chi connectivity index (χ3n) is 1.03. The number of hydrogen-bond acceptors (Lipinski definition) is 1. The van der Waals surface area contributed by atoms with Crippen LogP contribution in [-0.2, 0) is 6.42 Å². The number of imidazole rings is 1. The van der Waals surface area contributed by atoms with Crippen molar-refractivity contribution in [3.63, 3.8) is 0 Å². The van der Waals surface area contributed by atoms with Crippen molar-refractivity contribution >= 4 is 22.9 Å². The van der Waals surface area contributed by atoms with E-state index in [0.717, 1.165) is 6.42 Å². The first-order chi connectivity index (χ1) is 3.84. The predicted octanol–water partition coefficient (Wildman–Crippen LogP) is 1.64. The maximum absolute atomic E-state index is 3.95. The van der Waals surface area contributed by atoms with Crippen molar-refractivity contribution in [2.75, 3.05) is 0 Å². The van der Waals surface area contributed by atoms with E-state index < -0.39 is 0 Å². The van der Waals surface area contributed by atoms with Gasteiger partial charge in [-0.3, -0.25) is 2.78 Å². The fourth-order valence-electron chi connectivity index (χ4n) is 0.550. The molecule has 0 aliphatic rings. The third-order valence-corrected chi connectivity index (χ3v) is 1.90. The van der Waals surface area contributed by atoms with Gasteiger partial charge in [0, 0.05) is 11.9 Å². The van der Waals surface area contributed by atoms with Crippen LogP contribution in [0, 0.1) is 0 Å². The van der Waals surface area contributed by atoms with Crippen molar-refractivity contribution in [2.24, 2.45) is 0 Å². The highest BCUT2D eigenvalue weighted by molar-refractivity contribution is 14.1. The zero-order valence-corrected chi connectivity index (χ0v) is 6.79. The SMILES string of the molecule is CCc1cncn1I. The molecule has 1 rings (SSSR count). The molecule has 1 heterocycles. The van der Waals surface area contributed by atoms with Crippen molar-refractivity contribution in [2.45, 2.75) is 13.3 Å². The van der Waals surface area contributed by atoms with Gasteiger partial charge in [0.1, 0.15) is 6.33 Å². The average molecular weight is 222 g/mol. The summed E-state index contributed by atoms with van der Waals surface area (Å²) in [6.07, 6.45) is 4.74. The second kappa shape index (κ2) is 2.48. The molecule has 44 valence electrons. The maximum Gasteiger partial charge on any atom is 0.104 e. The van der Waals surface area contributed by atoms with Gasteiger partial charge in [-0.05, 0) is 6.42 Å². The van der Waals surface area contributed by atoms with Crippen molar-refractivity contribution in [1.82, 2.24) is 7.76 Å². The van der Waals surface area contributed by atoms with Gasteiger partial charge in [-0.25, -0.2) is 4.98 Å². The molecule has 0 aromatic carbocycles. The van der Waals surface area contributed by atoms with Crippen LogP contribution in [0.1, 0.15) is 12.6 Å². The van der Waals surface area contributed by atoms with Crippen LogP contribution in [-0.4, -0.2) is 7.76 Å². The third kappa shape index (κ3) is 1.02. The minimum Gasteiger partial charge on any atom is -0.275 e. The lowest BCUT2D eigenvalue weighted by molar-refractivity contribution is 1.05. The standard InChI is InChI=1S/C5H7IN2/c1-2-5-3-7-4-8(5)6/h3-4H,2H2,1H3. The van der Waals surface area contributed by atoms with E-state index in [0.29, 0.717) is 0 Å². The van der Waals surface area contributed by atoms with Gasteiger partial charge in [-0.2, -0.15) is 0 Å². The largest absolute Gasteiger partial charge is 0.275 e. The van der Waals surface area contributed by atoms with Crippen LogP contribution in [0.5, 0.6) is 0 Å². The first kappa shape index (κ1) is 6.07. The molecule has 0 unspecified atom stereocenters. The Hall–Kier alpha value is -0.0600. The van der Waals surface area contributed by atoms with Gasteiger partial charge in [-0.15, -0.1) is 0 Å². The molecule has 0 bridgehead atoms.